The predicted molar refractivity (Wildman–Crippen MR) is 92.3 cm³/mol. The maximum atomic E-state index is 13.1. The van der Waals surface area contributed by atoms with E-state index in [4.69, 9.17) is 0 Å². The molecule has 0 radical (unpaired) electrons. The van der Waals surface area contributed by atoms with Gasteiger partial charge < -0.3 is 0 Å². The van der Waals surface area contributed by atoms with Crippen molar-refractivity contribution in [2.45, 2.75) is 17.5 Å². The third-order valence-corrected chi connectivity index (χ3v) is 7.15. The van der Waals surface area contributed by atoms with Crippen molar-refractivity contribution in [3.05, 3.63) is 77.5 Å². The van der Waals surface area contributed by atoms with Gasteiger partial charge in [-0.05, 0) is 29.8 Å². The van der Waals surface area contributed by atoms with Crippen molar-refractivity contribution in [2.24, 2.45) is 0 Å². The van der Waals surface area contributed by atoms with Gasteiger partial charge in [-0.1, -0.05) is 36.4 Å². The van der Waals surface area contributed by atoms with E-state index in [-0.39, 0.29) is 17.2 Å². The lowest BCUT2D eigenvalue weighted by molar-refractivity contribution is 0.375. The fourth-order valence-electron chi connectivity index (χ4n) is 2.62. The molecule has 2 aromatic carbocycles. The van der Waals surface area contributed by atoms with Gasteiger partial charge in [0.25, 0.3) is 0 Å². The van der Waals surface area contributed by atoms with Gasteiger partial charge in [0.05, 0.1) is 16.7 Å². The van der Waals surface area contributed by atoms with Gasteiger partial charge in [-0.2, -0.15) is 4.31 Å². The van der Waals surface area contributed by atoms with E-state index in [1.165, 1.54) is 18.2 Å². The maximum absolute atomic E-state index is 13.1. The molecule has 0 aliphatic carbocycles. The Bertz CT molecular complexity index is 985. The summed E-state index contributed by atoms with van der Waals surface area (Å²) in [7, 11) is -7.43. The number of benzene rings is 2. The number of rotatable bonds is 5. The van der Waals surface area contributed by atoms with E-state index in [0.717, 1.165) is 27.4 Å². The van der Waals surface area contributed by atoms with Crippen molar-refractivity contribution < 1.29 is 21.2 Å². The number of hydrogen-bond acceptors (Lipinski definition) is 4. The van der Waals surface area contributed by atoms with Crippen molar-refractivity contribution in [3.63, 3.8) is 0 Å². The first-order valence-corrected chi connectivity index (χ1v) is 10.7. The Labute approximate surface area is 146 Å². The van der Waals surface area contributed by atoms with E-state index in [1.807, 2.05) is 6.07 Å². The summed E-state index contributed by atoms with van der Waals surface area (Å²) in [6.07, 6.45) is 1.37. The van der Waals surface area contributed by atoms with E-state index in [2.05, 4.69) is 0 Å². The second kappa shape index (κ2) is 6.70. The van der Waals surface area contributed by atoms with E-state index >= 15 is 0 Å². The lowest BCUT2D eigenvalue weighted by Crippen LogP contribution is -2.40. The smallest absolute Gasteiger partial charge is 0.224 e. The van der Waals surface area contributed by atoms with Crippen LogP contribution in [0.15, 0.2) is 71.0 Å². The molecule has 0 aromatic heterocycles. The summed E-state index contributed by atoms with van der Waals surface area (Å²) in [4.78, 5) is -0.0810. The molecule has 0 N–H and O–H groups in total. The molecule has 132 valence electrons. The van der Waals surface area contributed by atoms with E-state index in [9.17, 15) is 21.2 Å². The van der Waals surface area contributed by atoms with Crippen LogP contribution < -0.4 is 0 Å². The third-order valence-electron chi connectivity index (χ3n) is 3.88. The van der Waals surface area contributed by atoms with Gasteiger partial charge in [0, 0.05) is 12.0 Å². The van der Waals surface area contributed by atoms with Crippen LogP contribution in [0.4, 0.5) is 4.39 Å². The second-order valence-corrected chi connectivity index (χ2v) is 9.54. The average molecular weight is 381 g/mol. The molecule has 0 saturated heterocycles. The lowest BCUT2D eigenvalue weighted by atomic mass is 10.2. The van der Waals surface area contributed by atoms with Crippen LogP contribution in [0.3, 0.4) is 0 Å². The van der Waals surface area contributed by atoms with Crippen molar-refractivity contribution in [1.82, 2.24) is 4.31 Å². The summed E-state index contributed by atoms with van der Waals surface area (Å²) in [5.41, 5.74) is 0.728. The van der Waals surface area contributed by atoms with Crippen LogP contribution >= 0.6 is 0 Å². The Balaban J connectivity index is 2.01. The number of hydrogen-bond donors (Lipinski definition) is 0. The monoisotopic (exact) mass is 381 g/mol. The number of halogens is 1. The molecule has 0 bridgehead atoms. The van der Waals surface area contributed by atoms with Crippen molar-refractivity contribution >= 4 is 19.9 Å². The van der Waals surface area contributed by atoms with E-state index in [1.54, 1.807) is 24.3 Å². The van der Waals surface area contributed by atoms with Crippen LogP contribution in [0.2, 0.25) is 0 Å². The second-order valence-electron chi connectivity index (χ2n) is 5.72. The zero-order valence-electron chi connectivity index (χ0n) is 13.1. The van der Waals surface area contributed by atoms with E-state index < -0.39 is 31.7 Å². The minimum atomic E-state index is -4.00. The number of nitrogens with zero attached hydrogens (tertiary/aromatic N) is 1. The van der Waals surface area contributed by atoms with Crippen LogP contribution in [0.1, 0.15) is 5.56 Å². The topological polar surface area (TPSA) is 71.5 Å². The van der Waals surface area contributed by atoms with Gasteiger partial charge in [-0.3, -0.25) is 0 Å². The highest BCUT2D eigenvalue weighted by Crippen LogP contribution is 2.25. The van der Waals surface area contributed by atoms with Gasteiger partial charge in [-0.15, -0.1) is 0 Å². The molecule has 1 aliphatic rings. The minimum Gasteiger partial charge on any atom is -0.224 e. The first-order valence-electron chi connectivity index (χ1n) is 7.50. The fourth-order valence-corrected chi connectivity index (χ4v) is 5.59. The normalized spacial score (nSPS) is 19.4. The van der Waals surface area contributed by atoms with Crippen LogP contribution in [-0.2, 0) is 26.4 Å². The Hall–Kier alpha value is -2.03. The fraction of sp³-hybridized carbons (Fsp3) is 0.176. The van der Waals surface area contributed by atoms with Crippen LogP contribution in [0.5, 0.6) is 0 Å². The van der Waals surface area contributed by atoms with Crippen LogP contribution in [0.25, 0.3) is 0 Å². The summed E-state index contributed by atoms with van der Waals surface area (Å²) in [6.45, 7) is 0.0189. The molecule has 8 heteroatoms. The number of sulfone groups is 1. The molecular weight excluding hydrogens is 365 g/mol. The standard InChI is InChI=1S/C17H16FNO4S2/c18-15-6-8-17(9-7-15)25(22,23)19(12-14-4-2-1-3-5-14)16-10-11-24(20,21)13-16/h1-11,16H,12-13H2. The molecule has 5 nitrogen and oxygen atoms in total. The molecule has 1 aliphatic heterocycles. The van der Waals surface area contributed by atoms with Gasteiger partial charge in [0.2, 0.25) is 10.0 Å². The molecule has 1 atom stereocenters. The van der Waals surface area contributed by atoms with Crippen molar-refractivity contribution in [2.75, 3.05) is 5.75 Å². The molecule has 0 spiro atoms. The first-order chi connectivity index (χ1) is 11.8. The Kier molecular flexibility index (Phi) is 4.77. The molecule has 1 heterocycles. The number of sulfonamides is 1. The van der Waals surface area contributed by atoms with Gasteiger partial charge in [0.15, 0.2) is 9.84 Å². The lowest BCUT2D eigenvalue weighted by Gasteiger charge is -2.26. The highest BCUT2D eigenvalue weighted by atomic mass is 32.2. The summed E-state index contributed by atoms with van der Waals surface area (Å²) < 4.78 is 63.8. The molecule has 0 amide bonds. The molecule has 25 heavy (non-hydrogen) atoms. The highest BCUT2D eigenvalue weighted by Gasteiger charge is 2.35. The quantitative estimate of drug-likeness (QED) is 0.797. The first kappa shape index (κ1) is 17.8. The zero-order chi connectivity index (χ0) is 18.1. The summed E-state index contributed by atoms with van der Waals surface area (Å²) in [5.74, 6) is -0.850. The zero-order valence-corrected chi connectivity index (χ0v) is 14.8. The average Bonchev–Trinajstić information content (AvgIpc) is 2.93. The highest BCUT2D eigenvalue weighted by molar-refractivity contribution is 7.94. The molecule has 3 rings (SSSR count). The van der Waals surface area contributed by atoms with Crippen molar-refractivity contribution in [1.29, 1.82) is 0 Å². The van der Waals surface area contributed by atoms with Crippen LogP contribution in [0, 0.1) is 5.82 Å². The maximum Gasteiger partial charge on any atom is 0.243 e. The molecule has 0 saturated carbocycles. The Morgan fingerprint density at radius 1 is 1.04 bits per heavy atom. The van der Waals surface area contributed by atoms with E-state index in [0.29, 0.717) is 0 Å². The summed E-state index contributed by atoms with van der Waals surface area (Å²) >= 11 is 0. The Morgan fingerprint density at radius 2 is 1.68 bits per heavy atom. The van der Waals surface area contributed by atoms with Gasteiger partial charge in [-0.25, -0.2) is 21.2 Å². The van der Waals surface area contributed by atoms with Crippen molar-refractivity contribution in [3.8, 4) is 0 Å². The van der Waals surface area contributed by atoms with Crippen LogP contribution in [-0.4, -0.2) is 32.9 Å². The SMILES string of the molecule is O=S1(=O)C=CC(N(Cc2ccccc2)S(=O)(=O)c2ccc(F)cc2)C1. The summed E-state index contributed by atoms with van der Waals surface area (Å²) in [5, 5.41) is 1.04. The molecule has 0 fully saturated rings. The predicted octanol–water partition coefficient (Wildman–Crippen LogP) is 2.33. The van der Waals surface area contributed by atoms with Gasteiger partial charge >= 0.3 is 0 Å². The molecule has 1 unspecified atom stereocenters. The largest absolute Gasteiger partial charge is 0.243 e. The molecular formula is C17H16FNO4S2. The Morgan fingerprint density at radius 3 is 2.24 bits per heavy atom. The minimum absolute atomic E-state index is 0.0189. The van der Waals surface area contributed by atoms with Gasteiger partial charge in [0.1, 0.15) is 5.82 Å². The summed E-state index contributed by atoms with van der Waals surface area (Å²) in [6, 6.07) is 12.6. The molecule has 2 aromatic rings. The third kappa shape index (κ3) is 3.97.